The van der Waals surface area contributed by atoms with Crippen molar-refractivity contribution < 1.29 is 14.3 Å². The highest BCUT2D eigenvalue weighted by Crippen LogP contribution is 2.21. The molecule has 2 amide bonds. The van der Waals surface area contributed by atoms with Gasteiger partial charge in [-0.2, -0.15) is 0 Å². The normalized spacial score (nSPS) is 20.6. The van der Waals surface area contributed by atoms with Crippen LogP contribution in [0.1, 0.15) is 56.9 Å². The third kappa shape index (κ3) is 6.06. The molecule has 1 aromatic rings. The van der Waals surface area contributed by atoms with Crippen molar-refractivity contribution in [1.29, 1.82) is 0 Å². The number of amides is 2. The SMILES string of the molecule is O=C(NCCCOC1CCCCC1)[C@H]1CCCN1C(=O)Cc1ccccc1. The predicted octanol–water partition coefficient (Wildman–Crippen LogP) is 3.08. The number of rotatable bonds is 8. The van der Waals surface area contributed by atoms with Gasteiger partial charge in [0.1, 0.15) is 6.04 Å². The number of carbonyl (C=O) groups is 2. The summed E-state index contributed by atoms with van der Waals surface area (Å²) in [5.74, 6) is 0.0195. The lowest BCUT2D eigenvalue weighted by atomic mass is 9.98. The molecule has 0 radical (unpaired) electrons. The van der Waals surface area contributed by atoms with E-state index in [-0.39, 0.29) is 17.9 Å². The molecule has 1 saturated heterocycles. The fourth-order valence-electron chi connectivity index (χ4n) is 4.09. The third-order valence-corrected chi connectivity index (χ3v) is 5.60. The molecule has 2 aliphatic rings. The molecule has 0 unspecified atom stereocenters. The molecule has 0 aromatic heterocycles. The van der Waals surface area contributed by atoms with Crippen LogP contribution in [0.3, 0.4) is 0 Å². The van der Waals surface area contributed by atoms with Crippen molar-refractivity contribution in [1.82, 2.24) is 10.2 Å². The van der Waals surface area contributed by atoms with Gasteiger partial charge in [0.05, 0.1) is 12.5 Å². The van der Waals surface area contributed by atoms with Crippen LogP contribution in [0.5, 0.6) is 0 Å². The summed E-state index contributed by atoms with van der Waals surface area (Å²) in [4.78, 5) is 26.9. The summed E-state index contributed by atoms with van der Waals surface area (Å²) in [6, 6.07) is 9.40. The van der Waals surface area contributed by atoms with E-state index in [0.29, 0.717) is 32.2 Å². The first-order valence-corrected chi connectivity index (χ1v) is 10.5. The van der Waals surface area contributed by atoms with Gasteiger partial charge < -0.3 is 15.0 Å². The Hall–Kier alpha value is -1.88. The second kappa shape index (κ2) is 10.5. The van der Waals surface area contributed by atoms with Crippen LogP contribution in [0, 0.1) is 0 Å². The quantitative estimate of drug-likeness (QED) is 0.714. The first kappa shape index (κ1) is 19.9. The number of benzene rings is 1. The fraction of sp³-hybridized carbons (Fsp3) is 0.636. The van der Waals surface area contributed by atoms with Crippen molar-refractivity contribution in [3.05, 3.63) is 35.9 Å². The van der Waals surface area contributed by atoms with E-state index in [2.05, 4.69) is 5.32 Å². The second-order valence-corrected chi connectivity index (χ2v) is 7.68. The van der Waals surface area contributed by atoms with Crippen molar-refractivity contribution in [2.24, 2.45) is 0 Å². The summed E-state index contributed by atoms with van der Waals surface area (Å²) >= 11 is 0. The van der Waals surface area contributed by atoms with Gasteiger partial charge in [-0.1, -0.05) is 49.6 Å². The number of hydrogen-bond donors (Lipinski definition) is 1. The van der Waals surface area contributed by atoms with Crippen molar-refractivity contribution >= 4 is 11.8 Å². The van der Waals surface area contributed by atoms with Crippen LogP contribution in [-0.2, 0) is 20.7 Å². The van der Waals surface area contributed by atoms with Gasteiger partial charge >= 0.3 is 0 Å². The number of carbonyl (C=O) groups excluding carboxylic acids is 2. The Labute approximate surface area is 162 Å². The summed E-state index contributed by atoms with van der Waals surface area (Å²) in [6.45, 7) is 1.99. The zero-order chi connectivity index (χ0) is 18.9. The molecule has 27 heavy (non-hydrogen) atoms. The van der Waals surface area contributed by atoms with E-state index in [4.69, 9.17) is 4.74 Å². The van der Waals surface area contributed by atoms with E-state index in [9.17, 15) is 9.59 Å². The fourth-order valence-corrected chi connectivity index (χ4v) is 4.09. The monoisotopic (exact) mass is 372 g/mol. The molecule has 2 fully saturated rings. The first-order valence-electron chi connectivity index (χ1n) is 10.5. The van der Waals surface area contributed by atoms with Gasteiger partial charge in [-0.25, -0.2) is 0 Å². The molecule has 1 aliphatic heterocycles. The minimum absolute atomic E-state index is 0.0217. The molecule has 1 atom stereocenters. The zero-order valence-electron chi connectivity index (χ0n) is 16.2. The summed E-state index contributed by atoms with van der Waals surface area (Å²) in [7, 11) is 0. The van der Waals surface area contributed by atoms with Gasteiger partial charge in [0, 0.05) is 19.7 Å². The number of nitrogens with one attached hydrogen (secondary N) is 1. The summed E-state index contributed by atoms with van der Waals surface area (Å²) < 4.78 is 5.90. The van der Waals surface area contributed by atoms with Gasteiger partial charge in [0.25, 0.3) is 0 Å². The lowest BCUT2D eigenvalue weighted by molar-refractivity contribution is -0.138. The minimum Gasteiger partial charge on any atom is -0.378 e. The van der Waals surface area contributed by atoms with E-state index in [1.807, 2.05) is 30.3 Å². The van der Waals surface area contributed by atoms with E-state index in [0.717, 1.165) is 24.8 Å². The largest absolute Gasteiger partial charge is 0.378 e. The molecule has 1 saturated carbocycles. The van der Waals surface area contributed by atoms with Crippen LogP contribution in [0.2, 0.25) is 0 Å². The smallest absolute Gasteiger partial charge is 0.242 e. The molecule has 5 nitrogen and oxygen atoms in total. The average molecular weight is 373 g/mol. The average Bonchev–Trinajstić information content (AvgIpc) is 3.19. The number of likely N-dealkylation sites (tertiary alicyclic amines) is 1. The Morgan fingerprint density at radius 1 is 1.04 bits per heavy atom. The lowest BCUT2D eigenvalue weighted by Gasteiger charge is -2.24. The Morgan fingerprint density at radius 2 is 1.81 bits per heavy atom. The van der Waals surface area contributed by atoms with Crippen LogP contribution in [-0.4, -0.2) is 48.6 Å². The molecule has 0 spiro atoms. The van der Waals surface area contributed by atoms with E-state index < -0.39 is 0 Å². The molecule has 1 N–H and O–H groups in total. The highest BCUT2D eigenvalue weighted by molar-refractivity contribution is 5.89. The maximum Gasteiger partial charge on any atom is 0.242 e. The van der Waals surface area contributed by atoms with Gasteiger partial charge in [-0.05, 0) is 37.7 Å². The van der Waals surface area contributed by atoms with Crippen LogP contribution in [0.25, 0.3) is 0 Å². The molecular weight excluding hydrogens is 340 g/mol. The standard InChI is InChI=1S/C22H32N2O3/c25-21(17-18-9-3-1-4-10-18)24-15-7-13-20(24)22(26)23-14-8-16-27-19-11-5-2-6-12-19/h1,3-4,9-10,19-20H,2,5-8,11-17H2,(H,23,26)/t20-/m1/s1. The van der Waals surface area contributed by atoms with E-state index in [1.54, 1.807) is 4.90 Å². The number of ether oxygens (including phenoxy) is 1. The van der Waals surface area contributed by atoms with E-state index in [1.165, 1.54) is 32.1 Å². The zero-order valence-corrected chi connectivity index (χ0v) is 16.2. The second-order valence-electron chi connectivity index (χ2n) is 7.68. The van der Waals surface area contributed by atoms with Crippen LogP contribution >= 0.6 is 0 Å². The van der Waals surface area contributed by atoms with Crippen molar-refractivity contribution in [2.45, 2.75) is 69.9 Å². The van der Waals surface area contributed by atoms with Crippen LogP contribution in [0.4, 0.5) is 0 Å². The summed E-state index contributed by atoms with van der Waals surface area (Å²) in [5, 5.41) is 3.00. The number of hydrogen-bond acceptors (Lipinski definition) is 3. The molecule has 1 aromatic carbocycles. The Morgan fingerprint density at radius 3 is 2.59 bits per heavy atom. The van der Waals surface area contributed by atoms with Crippen LogP contribution in [0.15, 0.2) is 30.3 Å². The highest BCUT2D eigenvalue weighted by Gasteiger charge is 2.33. The summed E-state index contributed by atoms with van der Waals surface area (Å²) in [5.41, 5.74) is 0.994. The molecular formula is C22H32N2O3. The third-order valence-electron chi connectivity index (χ3n) is 5.60. The minimum atomic E-state index is -0.319. The molecule has 3 rings (SSSR count). The lowest BCUT2D eigenvalue weighted by Crippen LogP contribution is -2.46. The van der Waals surface area contributed by atoms with Gasteiger partial charge in [-0.15, -0.1) is 0 Å². The molecule has 0 bridgehead atoms. The highest BCUT2D eigenvalue weighted by atomic mass is 16.5. The Bertz CT molecular complexity index is 599. The molecule has 1 heterocycles. The van der Waals surface area contributed by atoms with Gasteiger partial charge in [-0.3, -0.25) is 9.59 Å². The Kier molecular flexibility index (Phi) is 7.69. The maximum absolute atomic E-state index is 12.6. The van der Waals surface area contributed by atoms with Gasteiger partial charge in [0.2, 0.25) is 11.8 Å². The Balaban J connectivity index is 1.37. The predicted molar refractivity (Wildman–Crippen MR) is 105 cm³/mol. The maximum atomic E-state index is 12.6. The molecule has 5 heteroatoms. The molecule has 1 aliphatic carbocycles. The molecule has 148 valence electrons. The van der Waals surface area contributed by atoms with Crippen molar-refractivity contribution in [2.75, 3.05) is 19.7 Å². The summed E-state index contributed by atoms with van der Waals surface area (Å²) in [6.07, 6.45) is 9.47. The van der Waals surface area contributed by atoms with E-state index >= 15 is 0 Å². The van der Waals surface area contributed by atoms with Crippen molar-refractivity contribution in [3.63, 3.8) is 0 Å². The first-order chi connectivity index (χ1) is 13.2. The number of nitrogens with zero attached hydrogens (tertiary/aromatic N) is 1. The van der Waals surface area contributed by atoms with Crippen LogP contribution < -0.4 is 5.32 Å². The topological polar surface area (TPSA) is 58.6 Å². The van der Waals surface area contributed by atoms with Gasteiger partial charge in [0.15, 0.2) is 0 Å². The van der Waals surface area contributed by atoms with Crippen molar-refractivity contribution in [3.8, 4) is 0 Å².